The monoisotopic (exact) mass is 273 g/mol. The summed E-state index contributed by atoms with van der Waals surface area (Å²) in [5.41, 5.74) is 0.0647. The van der Waals surface area contributed by atoms with E-state index in [4.69, 9.17) is 16.3 Å². The minimum absolute atomic E-state index is 0.0647. The molecule has 6 heteroatoms. The summed E-state index contributed by atoms with van der Waals surface area (Å²) in [6, 6.07) is 4.27. The molecule has 1 aromatic carbocycles. The first-order valence-electron chi connectivity index (χ1n) is 5.48. The quantitative estimate of drug-likeness (QED) is 0.467. The number of phenols is 2. The Morgan fingerprint density at radius 2 is 2.11 bits per heavy atom. The van der Waals surface area contributed by atoms with Crippen LogP contribution in [0, 0.1) is 0 Å². The number of likely N-dealkylation sites (N-methyl/N-ethyl adjacent to an activating group) is 1. The van der Waals surface area contributed by atoms with Crippen LogP contribution in [0.25, 0.3) is 0 Å². The molecule has 0 aliphatic carbocycles. The molecule has 18 heavy (non-hydrogen) atoms. The molecule has 1 aromatic rings. The number of alkyl halides is 1. The third-order valence-corrected chi connectivity index (χ3v) is 2.54. The molecule has 100 valence electrons. The number of carbonyl (C=O) groups excluding carboxylic acids is 1. The Kier molecular flexibility index (Phi) is 5.74. The molecular weight excluding hydrogens is 258 g/mol. The molecule has 0 aromatic heterocycles. The molecule has 0 unspecified atom stereocenters. The fourth-order valence-electron chi connectivity index (χ4n) is 1.37. The molecule has 0 atom stereocenters. The van der Waals surface area contributed by atoms with Crippen LogP contribution in [-0.2, 0) is 4.74 Å². The van der Waals surface area contributed by atoms with Gasteiger partial charge in [-0.1, -0.05) is 6.07 Å². The maximum atomic E-state index is 12.0. The van der Waals surface area contributed by atoms with Gasteiger partial charge in [0.1, 0.15) is 0 Å². The van der Waals surface area contributed by atoms with E-state index in [-0.39, 0.29) is 17.2 Å². The minimum atomic E-state index is -0.406. The van der Waals surface area contributed by atoms with Gasteiger partial charge in [0.2, 0.25) is 0 Å². The molecule has 0 aliphatic heterocycles. The van der Waals surface area contributed by atoms with Crippen LogP contribution in [0.5, 0.6) is 11.5 Å². The Bertz CT molecular complexity index is 411. The van der Waals surface area contributed by atoms with Crippen LogP contribution in [0.4, 0.5) is 0 Å². The molecule has 0 aliphatic rings. The second kappa shape index (κ2) is 7.08. The van der Waals surface area contributed by atoms with Crippen molar-refractivity contribution in [2.75, 3.05) is 32.7 Å². The SMILES string of the molecule is CN(CCOCCCl)C(=O)c1cccc(O)c1O. The predicted octanol–water partition coefficient (Wildman–Crippen LogP) is 1.43. The zero-order valence-electron chi connectivity index (χ0n) is 10.1. The first-order valence-corrected chi connectivity index (χ1v) is 6.01. The van der Waals surface area contributed by atoms with E-state index in [0.717, 1.165) is 0 Å². The number of ether oxygens (including phenoxy) is 1. The molecule has 0 saturated carbocycles. The number of para-hydroxylation sites is 1. The highest BCUT2D eigenvalue weighted by molar-refractivity contribution is 6.17. The lowest BCUT2D eigenvalue weighted by molar-refractivity contribution is 0.0708. The zero-order valence-corrected chi connectivity index (χ0v) is 10.9. The first kappa shape index (κ1) is 14.6. The average Bonchev–Trinajstić information content (AvgIpc) is 2.37. The van der Waals surface area contributed by atoms with Gasteiger partial charge >= 0.3 is 0 Å². The van der Waals surface area contributed by atoms with Crippen molar-refractivity contribution in [3.63, 3.8) is 0 Å². The van der Waals surface area contributed by atoms with E-state index in [9.17, 15) is 15.0 Å². The number of nitrogens with zero attached hydrogens (tertiary/aromatic N) is 1. The molecule has 0 spiro atoms. The van der Waals surface area contributed by atoms with Gasteiger partial charge in [0.05, 0.1) is 18.8 Å². The second-order valence-electron chi connectivity index (χ2n) is 3.70. The third kappa shape index (κ3) is 3.78. The number of hydrogen-bond donors (Lipinski definition) is 2. The fourth-order valence-corrected chi connectivity index (χ4v) is 1.48. The number of aromatic hydroxyl groups is 2. The largest absolute Gasteiger partial charge is 0.504 e. The second-order valence-corrected chi connectivity index (χ2v) is 4.08. The summed E-state index contributed by atoms with van der Waals surface area (Å²) in [7, 11) is 1.59. The molecule has 5 nitrogen and oxygen atoms in total. The normalized spacial score (nSPS) is 10.3. The van der Waals surface area contributed by atoms with E-state index in [1.165, 1.54) is 23.1 Å². The van der Waals surface area contributed by atoms with Crippen molar-refractivity contribution in [2.45, 2.75) is 0 Å². The standard InChI is InChI=1S/C12H16ClNO4/c1-14(6-8-18-7-5-13)12(17)9-3-2-4-10(15)11(9)16/h2-4,15-16H,5-8H2,1H3. The molecule has 1 amide bonds. The highest BCUT2D eigenvalue weighted by Gasteiger charge is 2.17. The van der Waals surface area contributed by atoms with Crippen LogP contribution in [-0.4, -0.2) is 53.7 Å². The number of carbonyl (C=O) groups is 1. The molecule has 0 radical (unpaired) electrons. The van der Waals surface area contributed by atoms with Gasteiger partial charge in [0.15, 0.2) is 11.5 Å². The lowest BCUT2D eigenvalue weighted by Crippen LogP contribution is -2.30. The van der Waals surface area contributed by atoms with E-state index >= 15 is 0 Å². The van der Waals surface area contributed by atoms with E-state index < -0.39 is 5.75 Å². The maximum absolute atomic E-state index is 12.0. The van der Waals surface area contributed by atoms with Crippen molar-refractivity contribution >= 4 is 17.5 Å². The average molecular weight is 274 g/mol. The Morgan fingerprint density at radius 1 is 1.39 bits per heavy atom. The van der Waals surface area contributed by atoms with Gasteiger partial charge in [-0.25, -0.2) is 0 Å². The van der Waals surface area contributed by atoms with Crippen LogP contribution in [0.1, 0.15) is 10.4 Å². The highest BCUT2D eigenvalue weighted by Crippen LogP contribution is 2.28. The highest BCUT2D eigenvalue weighted by atomic mass is 35.5. The number of rotatable bonds is 6. The van der Waals surface area contributed by atoms with E-state index in [1.54, 1.807) is 7.05 Å². The van der Waals surface area contributed by atoms with Crippen LogP contribution in [0.3, 0.4) is 0 Å². The molecule has 0 heterocycles. The summed E-state index contributed by atoms with van der Waals surface area (Å²) in [5.74, 6) is -0.688. The van der Waals surface area contributed by atoms with Gasteiger partial charge in [-0.15, -0.1) is 11.6 Å². The maximum Gasteiger partial charge on any atom is 0.257 e. The third-order valence-electron chi connectivity index (χ3n) is 2.38. The summed E-state index contributed by atoms with van der Waals surface area (Å²) in [6.07, 6.45) is 0. The summed E-state index contributed by atoms with van der Waals surface area (Å²) >= 11 is 5.45. The van der Waals surface area contributed by atoms with Crippen LogP contribution in [0.15, 0.2) is 18.2 Å². The summed E-state index contributed by atoms with van der Waals surface area (Å²) in [4.78, 5) is 13.4. The van der Waals surface area contributed by atoms with Gasteiger partial charge in [-0.3, -0.25) is 4.79 Å². The van der Waals surface area contributed by atoms with E-state index in [2.05, 4.69) is 0 Å². The summed E-state index contributed by atoms with van der Waals surface area (Å²) in [6.45, 7) is 1.18. The Labute approximate surface area is 111 Å². The van der Waals surface area contributed by atoms with Crippen LogP contribution < -0.4 is 0 Å². The molecular formula is C12H16ClNO4. The minimum Gasteiger partial charge on any atom is -0.504 e. The number of amides is 1. The van der Waals surface area contributed by atoms with Crippen LogP contribution in [0.2, 0.25) is 0 Å². The summed E-state index contributed by atoms with van der Waals surface area (Å²) in [5, 5.41) is 18.9. The van der Waals surface area contributed by atoms with Gasteiger partial charge in [-0.05, 0) is 12.1 Å². The fraction of sp³-hybridized carbons (Fsp3) is 0.417. The topological polar surface area (TPSA) is 70.0 Å². The Hall–Kier alpha value is -1.46. The van der Waals surface area contributed by atoms with Crippen molar-refractivity contribution < 1.29 is 19.7 Å². The number of benzene rings is 1. The lowest BCUT2D eigenvalue weighted by Gasteiger charge is -2.17. The lowest BCUT2D eigenvalue weighted by atomic mass is 10.1. The zero-order chi connectivity index (χ0) is 13.5. The number of phenolic OH excluding ortho intramolecular Hbond substituents is 2. The molecule has 2 N–H and O–H groups in total. The van der Waals surface area contributed by atoms with Crippen LogP contribution >= 0.6 is 11.6 Å². The van der Waals surface area contributed by atoms with E-state index in [0.29, 0.717) is 25.6 Å². The van der Waals surface area contributed by atoms with Gasteiger partial charge in [0.25, 0.3) is 5.91 Å². The van der Waals surface area contributed by atoms with Gasteiger partial charge in [-0.2, -0.15) is 0 Å². The van der Waals surface area contributed by atoms with Gasteiger partial charge in [0, 0.05) is 19.5 Å². The first-order chi connectivity index (χ1) is 8.57. The molecule has 0 saturated heterocycles. The van der Waals surface area contributed by atoms with Crippen molar-refractivity contribution in [1.29, 1.82) is 0 Å². The van der Waals surface area contributed by atoms with Gasteiger partial charge < -0.3 is 19.8 Å². The smallest absolute Gasteiger partial charge is 0.257 e. The number of hydrogen-bond acceptors (Lipinski definition) is 4. The van der Waals surface area contributed by atoms with E-state index in [1.807, 2.05) is 0 Å². The number of halogens is 1. The van der Waals surface area contributed by atoms with Crippen molar-refractivity contribution in [3.05, 3.63) is 23.8 Å². The van der Waals surface area contributed by atoms with Crippen molar-refractivity contribution in [3.8, 4) is 11.5 Å². The Balaban J connectivity index is 2.60. The molecule has 0 fully saturated rings. The molecule has 1 rings (SSSR count). The van der Waals surface area contributed by atoms with Crippen molar-refractivity contribution in [1.82, 2.24) is 4.90 Å². The predicted molar refractivity (Wildman–Crippen MR) is 68.3 cm³/mol. The van der Waals surface area contributed by atoms with Crippen molar-refractivity contribution in [2.24, 2.45) is 0 Å². The summed E-state index contributed by atoms with van der Waals surface area (Å²) < 4.78 is 5.16. The Morgan fingerprint density at radius 3 is 2.78 bits per heavy atom. The molecule has 0 bridgehead atoms.